The fourth-order valence-electron chi connectivity index (χ4n) is 10.1. The number of alkyl carbamates (subject to hydrolysis) is 1. The van der Waals surface area contributed by atoms with Crippen LogP contribution in [0.15, 0.2) is 77.1 Å². The van der Waals surface area contributed by atoms with Crippen LogP contribution in [-0.4, -0.2) is 114 Å². The van der Waals surface area contributed by atoms with Crippen molar-refractivity contribution in [2.24, 2.45) is 0 Å². The summed E-state index contributed by atoms with van der Waals surface area (Å²) in [6.45, 7) is 9.01. The van der Waals surface area contributed by atoms with Crippen LogP contribution in [0.25, 0.3) is 11.1 Å². The quantitative estimate of drug-likeness (QED) is 0.172. The lowest BCUT2D eigenvalue weighted by molar-refractivity contribution is -0.149. The highest BCUT2D eigenvalue weighted by atomic mass is 32.2. The van der Waals surface area contributed by atoms with E-state index in [0.717, 1.165) is 16.7 Å². The number of Topliss-reactive ketones (excluding diaryl/α,β-unsaturated/α-hetero) is 2. The van der Waals surface area contributed by atoms with Gasteiger partial charge >= 0.3 is 12.1 Å². The molecule has 0 saturated carbocycles. The summed E-state index contributed by atoms with van der Waals surface area (Å²) in [6.07, 6.45) is 0.119. The number of amides is 1. The summed E-state index contributed by atoms with van der Waals surface area (Å²) >= 11 is 1.53. The predicted molar refractivity (Wildman–Crippen MR) is 228 cm³/mol. The number of benzene rings is 3. The van der Waals surface area contributed by atoms with Crippen LogP contribution in [0.3, 0.4) is 0 Å². The highest BCUT2D eigenvalue weighted by molar-refractivity contribution is 7.99. The van der Waals surface area contributed by atoms with E-state index in [2.05, 4.69) is 45.4 Å². The molecule has 5 atom stereocenters. The van der Waals surface area contributed by atoms with Crippen LogP contribution in [0, 0.1) is 6.92 Å². The van der Waals surface area contributed by atoms with Crippen LogP contribution in [-0.2, 0) is 35.0 Å². The zero-order valence-corrected chi connectivity index (χ0v) is 36.2. The number of likely N-dealkylation sites (N-methyl/N-ethyl adjacent to an activating group) is 1. The number of thioether (sulfide) groups is 1. The van der Waals surface area contributed by atoms with E-state index in [-0.39, 0.29) is 71.3 Å². The Hall–Kier alpha value is -5.11. The molecule has 5 unspecified atom stereocenters. The molecule has 3 aliphatic heterocycles. The Balaban J connectivity index is 1.09. The van der Waals surface area contributed by atoms with Crippen molar-refractivity contribution >= 4 is 35.4 Å². The van der Waals surface area contributed by atoms with E-state index in [0.29, 0.717) is 30.0 Å². The van der Waals surface area contributed by atoms with Gasteiger partial charge < -0.3 is 29.4 Å². The van der Waals surface area contributed by atoms with E-state index in [1.54, 1.807) is 27.7 Å². The van der Waals surface area contributed by atoms with Crippen LogP contribution < -0.4 is 10.1 Å². The van der Waals surface area contributed by atoms with Crippen molar-refractivity contribution < 1.29 is 43.2 Å². The van der Waals surface area contributed by atoms with Crippen molar-refractivity contribution in [2.75, 3.05) is 45.9 Å². The number of allylic oxidation sites excluding steroid dienone is 2. The second-order valence-electron chi connectivity index (χ2n) is 17.4. The number of aromatic hydroxyl groups is 1. The number of carbonyl (C=O) groups excluding carboxylic acids is 4. The first-order valence-corrected chi connectivity index (χ1v) is 21.6. The van der Waals surface area contributed by atoms with Crippen molar-refractivity contribution in [1.29, 1.82) is 0 Å². The molecule has 0 aromatic heterocycles. The molecule has 5 aliphatic rings. The fourth-order valence-corrected chi connectivity index (χ4v) is 11.3. The van der Waals surface area contributed by atoms with Gasteiger partial charge in [0, 0.05) is 58.3 Å². The van der Waals surface area contributed by atoms with E-state index in [1.165, 1.54) is 48.2 Å². The van der Waals surface area contributed by atoms with Crippen molar-refractivity contribution in [1.82, 2.24) is 15.1 Å². The maximum Gasteiger partial charge on any atom is 0.408 e. The minimum Gasteiger partial charge on any atom is -0.504 e. The highest BCUT2D eigenvalue weighted by Gasteiger charge is 2.54. The summed E-state index contributed by atoms with van der Waals surface area (Å²) in [6, 6.07) is 16.1. The summed E-state index contributed by atoms with van der Waals surface area (Å²) in [5, 5.41) is 14.5. The largest absolute Gasteiger partial charge is 0.504 e. The summed E-state index contributed by atoms with van der Waals surface area (Å²) in [5.74, 6) is -0.00926. The molecule has 3 heterocycles. The first-order chi connectivity index (χ1) is 28.6. The molecule has 8 rings (SSSR count). The Bertz CT molecular complexity index is 2300. The summed E-state index contributed by atoms with van der Waals surface area (Å²) in [7, 11) is 4.93. The van der Waals surface area contributed by atoms with E-state index in [9.17, 15) is 24.3 Å². The first-order valence-electron chi connectivity index (χ1n) is 20.5. The summed E-state index contributed by atoms with van der Waals surface area (Å²) in [5.41, 5.74) is 7.43. The number of hydrogen-bond acceptors (Lipinski definition) is 12. The van der Waals surface area contributed by atoms with Crippen LogP contribution in [0.2, 0.25) is 0 Å². The molecule has 12 nitrogen and oxygen atoms in total. The van der Waals surface area contributed by atoms with Crippen molar-refractivity contribution in [3.63, 3.8) is 0 Å². The number of nitrogens with one attached hydrogen (secondary N) is 1. The first kappa shape index (κ1) is 41.6. The number of hydrogen-bond donors (Lipinski definition) is 2. The predicted octanol–water partition coefficient (Wildman–Crippen LogP) is 6.41. The maximum absolute atomic E-state index is 14.3. The Labute approximate surface area is 355 Å². The zero-order valence-electron chi connectivity index (χ0n) is 35.4. The third-order valence-corrected chi connectivity index (χ3v) is 13.9. The van der Waals surface area contributed by atoms with Gasteiger partial charge in [0.05, 0.1) is 26.3 Å². The lowest BCUT2D eigenvalue weighted by Crippen LogP contribution is -2.66. The summed E-state index contributed by atoms with van der Waals surface area (Å²) in [4.78, 5) is 60.4. The Kier molecular flexibility index (Phi) is 11.1. The van der Waals surface area contributed by atoms with Gasteiger partial charge in [0.25, 0.3) is 0 Å². The third-order valence-electron chi connectivity index (χ3n) is 12.7. The third kappa shape index (κ3) is 7.17. The van der Waals surface area contributed by atoms with E-state index >= 15 is 0 Å². The molecule has 60 heavy (non-hydrogen) atoms. The van der Waals surface area contributed by atoms with E-state index in [1.807, 2.05) is 38.2 Å². The van der Waals surface area contributed by atoms with Crippen molar-refractivity contribution in [3.05, 3.63) is 105 Å². The van der Waals surface area contributed by atoms with Gasteiger partial charge in [0.2, 0.25) is 5.78 Å². The number of aryl methyl sites for hydroxylation is 1. The van der Waals surface area contributed by atoms with E-state index < -0.39 is 35.5 Å². The summed E-state index contributed by atoms with van der Waals surface area (Å²) < 4.78 is 22.9. The minimum absolute atomic E-state index is 0.0105. The molecule has 1 saturated heterocycles. The van der Waals surface area contributed by atoms with Crippen LogP contribution in [0.1, 0.15) is 73.9 Å². The van der Waals surface area contributed by atoms with Gasteiger partial charge in [-0.25, -0.2) is 9.59 Å². The number of ether oxygens (including phenoxy) is 4. The number of rotatable bonds is 10. The van der Waals surface area contributed by atoms with Gasteiger partial charge in [-0.3, -0.25) is 19.4 Å². The molecule has 3 aromatic rings. The number of fused-ring (bicyclic) bond motifs is 9. The normalized spacial score (nSPS) is 22.9. The molecule has 2 aliphatic carbocycles. The SMILES string of the molecule is COC1=C(C)C(=O)C2=C(C1=O)C(COC(=O)C(CSCC1c3ccccc3-c3ccccc31)NC(=O)OC(C)(C)C)N1CC3Cc4cc(C)c(OC)c(O)c4C(C1C2)N3C. The topological polar surface area (TPSA) is 144 Å². The molecular weight excluding hydrogens is 783 g/mol. The van der Waals surface area contributed by atoms with Gasteiger partial charge in [-0.05, 0) is 87.9 Å². The number of esters is 1. The average Bonchev–Trinajstić information content (AvgIpc) is 3.51. The number of nitrogens with zero attached hydrogens (tertiary/aromatic N) is 2. The lowest BCUT2D eigenvalue weighted by atomic mass is 9.71. The monoisotopic (exact) mass is 835 g/mol. The number of phenols is 1. The van der Waals surface area contributed by atoms with Gasteiger partial charge in [-0.15, -0.1) is 0 Å². The molecule has 2 N–H and O–H groups in total. The van der Waals surface area contributed by atoms with Crippen molar-refractivity contribution in [3.8, 4) is 22.6 Å². The van der Waals surface area contributed by atoms with Crippen LogP contribution >= 0.6 is 11.8 Å². The number of carbonyl (C=O) groups is 4. The van der Waals surface area contributed by atoms with Gasteiger partial charge in [0.1, 0.15) is 18.2 Å². The molecule has 1 fully saturated rings. The molecular formula is C47H53N3O9S. The number of ketones is 2. The lowest BCUT2D eigenvalue weighted by Gasteiger charge is -2.58. The molecule has 1 amide bonds. The average molecular weight is 836 g/mol. The second kappa shape index (κ2) is 16.1. The van der Waals surface area contributed by atoms with Crippen LogP contribution in [0.5, 0.6) is 11.5 Å². The maximum atomic E-state index is 14.3. The molecule has 0 radical (unpaired) electrons. The molecule has 2 bridgehead atoms. The molecule has 3 aromatic carbocycles. The smallest absolute Gasteiger partial charge is 0.408 e. The van der Waals surface area contributed by atoms with Crippen LogP contribution in [0.4, 0.5) is 4.79 Å². The number of phenolic OH excluding ortho intramolecular Hbond substituents is 1. The standard InChI is InChI=1S/C47H53N3O9S/c1-24-17-26-18-27-20-50-35(39(49(27)6)37(26)41(52)43(24)56-7)19-32-38(42(53)44(57-8)25(2)40(32)51)36(50)21-58-45(54)34(48-46(55)59-47(3,4)5)23-60-22-33-30-15-11-9-13-28(30)29-14-10-12-16-31(29)33/h9-17,27,33-36,39,52H,18-23H2,1-8H3,(H,48,55). The highest BCUT2D eigenvalue weighted by Crippen LogP contribution is 2.52. The fraction of sp³-hybridized carbons (Fsp3) is 0.447. The van der Waals surface area contributed by atoms with Gasteiger partial charge in [-0.1, -0.05) is 54.6 Å². The Morgan fingerprint density at radius 3 is 2.27 bits per heavy atom. The number of piperazine rings is 1. The van der Waals surface area contributed by atoms with Gasteiger partial charge in [-0.2, -0.15) is 11.8 Å². The molecule has 0 spiro atoms. The van der Waals surface area contributed by atoms with E-state index in [4.69, 9.17) is 18.9 Å². The van der Waals surface area contributed by atoms with Crippen molar-refractivity contribution in [2.45, 2.75) is 89.2 Å². The minimum atomic E-state index is -1.09. The zero-order chi connectivity index (χ0) is 42.8. The van der Waals surface area contributed by atoms with Gasteiger partial charge in [0.15, 0.2) is 23.0 Å². The number of methoxy groups -OCH3 is 2. The Morgan fingerprint density at radius 2 is 1.63 bits per heavy atom. The molecule has 316 valence electrons. The molecule has 13 heteroatoms. The second-order valence-corrected chi connectivity index (χ2v) is 18.5. The Morgan fingerprint density at radius 1 is 0.967 bits per heavy atom.